The van der Waals surface area contributed by atoms with Gasteiger partial charge in [-0.05, 0) is 18.6 Å². The lowest BCUT2D eigenvalue weighted by Gasteiger charge is -2.13. The minimum absolute atomic E-state index is 0.405. The summed E-state index contributed by atoms with van der Waals surface area (Å²) in [5.74, 6) is -0.521. The molecule has 1 atom stereocenters. The predicted octanol–water partition coefficient (Wildman–Crippen LogP) is 2.27. The highest BCUT2D eigenvalue weighted by molar-refractivity contribution is 9.10. The summed E-state index contributed by atoms with van der Waals surface area (Å²) in [6.07, 6.45) is -0.430. The number of rotatable bonds is 4. The lowest BCUT2D eigenvalue weighted by molar-refractivity contribution is -0.145. The standard InChI is InChI=1S/C10H12BrNO3/c1-2-9(10(13)14)15-8-4-6(11)3-7(12)5-8/h3-5,9H,2,12H2,1H3,(H,13,14). The Morgan fingerprint density at radius 3 is 2.73 bits per heavy atom. The molecule has 15 heavy (non-hydrogen) atoms. The van der Waals surface area contributed by atoms with E-state index in [4.69, 9.17) is 15.6 Å². The van der Waals surface area contributed by atoms with Crippen LogP contribution in [0.15, 0.2) is 22.7 Å². The molecule has 1 unspecified atom stereocenters. The smallest absolute Gasteiger partial charge is 0.344 e. The molecule has 4 nitrogen and oxygen atoms in total. The molecule has 0 bridgehead atoms. The summed E-state index contributed by atoms with van der Waals surface area (Å²) in [6, 6.07) is 4.99. The summed E-state index contributed by atoms with van der Waals surface area (Å²) < 4.78 is 6.04. The van der Waals surface area contributed by atoms with Crippen LogP contribution in [0.1, 0.15) is 13.3 Å². The van der Waals surface area contributed by atoms with Crippen LogP contribution in [0.3, 0.4) is 0 Å². The van der Waals surface area contributed by atoms with Gasteiger partial charge in [0.15, 0.2) is 6.10 Å². The molecule has 0 radical (unpaired) electrons. The second-order valence-electron chi connectivity index (χ2n) is 3.07. The SMILES string of the molecule is CCC(Oc1cc(N)cc(Br)c1)C(=O)O. The van der Waals surface area contributed by atoms with E-state index < -0.39 is 12.1 Å². The zero-order valence-corrected chi connectivity index (χ0v) is 9.82. The van der Waals surface area contributed by atoms with E-state index in [0.717, 1.165) is 4.47 Å². The van der Waals surface area contributed by atoms with Gasteiger partial charge in [-0.3, -0.25) is 0 Å². The van der Waals surface area contributed by atoms with Crippen LogP contribution < -0.4 is 10.5 Å². The van der Waals surface area contributed by atoms with Crippen molar-refractivity contribution in [1.82, 2.24) is 0 Å². The fourth-order valence-electron chi connectivity index (χ4n) is 1.13. The number of hydrogen-bond acceptors (Lipinski definition) is 3. The van der Waals surface area contributed by atoms with Gasteiger partial charge in [0, 0.05) is 16.2 Å². The molecule has 0 amide bonds. The van der Waals surface area contributed by atoms with Gasteiger partial charge in [-0.15, -0.1) is 0 Å². The van der Waals surface area contributed by atoms with Crippen LogP contribution in [-0.2, 0) is 4.79 Å². The Labute approximate surface area is 96.2 Å². The van der Waals surface area contributed by atoms with E-state index in [1.807, 2.05) is 0 Å². The van der Waals surface area contributed by atoms with Crippen LogP contribution in [0.2, 0.25) is 0 Å². The van der Waals surface area contributed by atoms with Crippen molar-refractivity contribution in [1.29, 1.82) is 0 Å². The average Bonchev–Trinajstić information content (AvgIpc) is 2.12. The van der Waals surface area contributed by atoms with Crippen LogP contribution in [0.4, 0.5) is 5.69 Å². The maximum atomic E-state index is 10.7. The molecule has 0 aliphatic rings. The molecule has 0 heterocycles. The Balaban J connectivity index is 2.83. The van der Waals surface area contributed by atoms with Crippen molar-refractivity contribution in [2.24, 2.45) is 0 Å². The van der Waals surface area contributed by atoms with Crippen molar-refractivity contribution in [3.05, 3.63) is 22.7 Å². The number of nitrogen functional groups attached to an aromatic ring is 1. The van der Waals surface area contributed by atoms with Gasteiger partial charge in [0.05, 0.1) is 0 Å². The zero-order valence-electron chi connectivity index (χ0n) is 8.24. The van der Waals surface area contributed by atoms with E-state index >= 15 is 0 Å². The number of carboxylic acid groups (broad SMARTS) is 1. The van der Waals surface area contributed by atoms with Crippen LogP contribution in [0.5, 0.6) is 5.75 Å². The van der Waals surface area contributed by atoms with E-state index in [1.54, 1.807) is 25.1 Å². The lowest BCUT2D eigenvalue weighted by atomic mass is 10.2. The molecule has 1 aromatic carbocycles. The van der Waals surface area contributed by atoms with Gasteiger partial charge in [0.1, 0.15) is 5.75 Å². The highest BCUT2D eigenvalue weighted by atomic mass is 79.9. The number of carbonyl (C=O) groups is 1. The van der Waals surface area contributed by atoms with E-state index in [0.29, 0.717) is 17.9 Å². The predicted molar refractivity (Wildman–Crippen MR) is 60.9 cm³/mol. The average molecular weight is 274 g/mol. The van der Waals surface area contributed by atoms with Crippen LogP contribution in [0, 0.1) is 0 Å². The van der Waals surface area contributed by atoms with Crippen molar-refractivity contribution in [2.75, 3.05) is 5.73 Å². The zero-order chi connectivity index (χ0) is 11.4. The molecule has 0 saturated heterocycles. The first-order valence-electron chi connectivity index (χ1n) is 4.48. The van der Waals surface area contributed by atoms with Crippen LogP contribution in [0.25, 0.3) is 0 Å². The molecule has 0 fully saturated rings. The molecular formula is C10H12BrNO3. The molecule has 0 saturated carbocycles. The van der Waals surface area contributed by atoms with E-state index in [2.05, 4.69) is 15.9 Å². The molecule has 82 valence electrons. The van der Waals surface area contributed by atoms with E-state index in [-0.39, 0.29) is 0 Å². The third kappa shape index (κ3) is 3.43. The summed E-state index contributed by atoms with van der Waals surface area (Å²) in [4.78, 5) is 10.7. The molecule has 1 rings (SSSR count). The minimum atomic E-state index is -0.976. The highest BCUT2D eigenvalue weighted by Gasteiger charge is 2.16. The van der Waals surface area contributed by atoms with Gasteiger partial charge in [-0.25, -0.2) is 4.79 Å². The number of anilines is 1. The summed E-state index contributed by atoms with van der Waals surface area (Å²) in [6.45, 7) is 1.75. The molecular weight excluding hydrogens is 262 g/mol. The first-order chi connectivity index (χ1) is 7.02. The quantitative estimate of drug-likeness (QED) is 0.826. The highest BCUT2D eigenvalue weighted by Crippen LogP contribution is 2.24. The third-order valence-electron chi connectivity index (χ3n) is 1.82. The number of benzene rings is 1. The number of nitrogens with two attached hydrogens (primary N) is 1. The molecule has 0 aliphatic heterocycles. The summed E-state index contributed by atoms with van der Waals surface area (Å²) >= 11 is 3.25. The maximum Gasteiger partial charge on any atom is 0.344 e. The normalized spacial score (nSPS) is 12.1. The van der Waals surface area contributed by atoms with Crippen LogP contribution in [-0.4, -0.2) is 17.2 Å². The first kappa shape index (κ1) is 11.8. The minimum Gasteiger partial charge on any atom is -0.479 e. The van der Waals surface area contributed by atoms with Gasteiger partial charge in [0.2, 0.25) is 0 Å². The number of hydrogen-bond donors (Lipinski definition) is 2. The molecule has 0 aliphatic carbocycles. The number of aliphatic carboxylic acids is 1. The lowest BCUT2D eigenvalue weighted by Crippen LogP contribution is -2.25. The summed E-state index contributed by atoms with van der Waals surface area (Å²) in [5.41, 5.74) is 6.12. The third-order valence-corrected chi connectivity index (χ3v) is 2.28. The van der Waals surface area contributed by atoms with E-state index in [9.17, 15) is 4.79 Å². The second kappa shape index (κ2) is 5.02. The number of halogens is 1. The number of ether oxygens (including phenoxy) is 1. The van der Waals surface area contributed by atoms with Crippen molar-refractivity contribution in [2.45, 2.75) is 19.4 Å². The number of carboxylic acids is 1. The topological polar surface area (TPSA) is 72.5 Å². The van der Waals surface area contributed by atoms with Crippen molar-refractivity contribution in [3.63, 3.8) is 0 Å². The summed E-state index contributed by atoms with van der Waals surface area (Å²) in [5, 5.41) is 8.81. The largest absolute Gasteiger partial charge is 0.479 e. The molecule has 1 aromatic rings. The molecule has 0 spiro atoms. The Morgan fingerprint density at radius 2 is 2.27 bits per heavy atom. The molecule has 3 N–H and O–H groups in total. The fourth-order valence-corrected chi connectivity index (χ4v) is 1.62. The van der Waals surface area contributed by atoms with E-state index in [1.165, 1.54) is 0 Å². The van der Waals surface area contributed by atoms with Gasteiger partial charge in [0.25, 0.3) is 0 Å². The fraction of sp³-hybridized carbons (Fsp3) is 0.300. The summed E-state index contributed by atoms with van der Waals surface area (Å²) in [7, 11) is 0. The van der Waals surface area contributed by atoms with Gasteiger partial charge in [-0.1, -0.05) is 22.9 Å². The molecule has 5 heteroatoms. The van der Waals surface area contributed by atoms with Crippen molar-refractivity contribution < 1.29 is 14.6 Å². The Bertz CT molecular complexity index is 347. The molecule has 0 aromatic heterocycles. The second-order valence-corrected chi connectivity index (χ2v) is 3.99. The monoisotopic (exact) mass is 273 g/mol. The Kier molecular flexibility index (Phi) is 3.96. The van der Waals surface area contributed by atoms with Crippen molar-refractivity contribution in [3.8, 4) is 5.75 Å². The van der Waals surface area contributed by atoms with Crippen LogP contribution >= 0.6 is 15.9 Å². The Hall–Kier alpha value is -1.23. The van der Waals surface area contributed by atoms with Gasteiger partial charge < -0.3 is 15.6 Å². The van der Waals surface area contributed by atoms with Crippen molar-refractivity contribution >= 4 is 27.6 Å². The van der Waals surface area contributed by atoms with Gasteiger partial charge >= 0.3 is 5.97 Å². The Morgan fingerprint density at radius 1 is 1.60 bits per heavy atom. The van der Waals surface area contributed by atoms with Gasteiger partial charge in [-0.2, -0.15) is 0 Å². The first-order valence-corrected chi connectivity index (χ1v) is 5.27. The maximum absolute atomic E-state index is 10.7.